The number of ketones is 1. The standard InChI is InChI=1S/C25H40O13S3.3Na/c1-14(5-6-15(2)26)17-7-8-18-16-11-21(36-39(27,28)29)20-12-22(37-40(30,31)32)23(38-41(33,34)35)13-25(20,4)19(16)9-10-24(17,18)3;;;/h5-6,14,16-23H,7-13H2,1-4H3,(H,27,28,29)(H,30,31,32)(H,33,34,35);;;/q;3*+1/p-3/b6-5+;;;/t14-,16+,17-,18+,19+,20-,21+,22+,23+,24-,25-;;;/m1.../s1. The fraction of sp³-hybridized carbons (Fsp3) is 0.880. The largest absolute Gasteiger partial charge is 1.00 e. The molecule has 0 N–H and O–H groups in total. The van der Waals surface area contributed by atoms with E-state index >= 15 is 0 Å². The number of carbonyl (C=O) groups is 1. The Morgan fingerprint density at radius 1 is 0.750 bits per heavy atom. The maximum Gasteiger partial charge on any atom is 1.00 e. The van der Waals surface area contributed by atoms with Crippen LogP contribution in [0.5, 0.6) is 0 Å². The minimum Gasteiger partial charge on any atom is -0.726 e. The molecule has 4 rings (SSSR count). The molecule has 11 atom stereocenters. The van der Waals surface area contributed by atoms with Crippen LogP contribution in [-0.2, 0) is 48.5 Å². The zero-order chi connectivity index (χ0) is 30.8. The van der Waals surface area contributed by atoms with Crippen LogP contribution in [-0.4, -0.2) is 63.0 Å². The fourth-order valence-electron chi connectivity index (χ4n) is 9.34. The molecule has 4 fully saturated rings. The molecule has 13 nitrogen and oxygen atoms in total. The molecule has 0 aromatic heterocycles. The molecule has 4 aliphatic rings. The van der Waals surface area contributed by atoms with Crippen LogP contribution in [0.15, 0.2) is 12.2 Å². The predicted octanol–water partition coefficient (Wildman–Crippen LogP) is -6.81. The second-order valence-electron chi connectivity index (χ2n) is 12.9. The molecular weight excluding hydrogens is 673 g/mol. The molecule has 0 unspecified atom stereocenters. The summed E-state index contributed by atoms with van der Waals surface area (Å²) in [6, 6.07) is 0. The number of rotatable bonds is 9. The van der Waals surface area contributed by atoms with Crippen molar-refractivity contribution in [1.82, 2.24) is 0 Å². The first-order chi connectivity index (χ1) is 18.6. The Balaban J connectivity index is 0.00000323. The van der Waals surface area contributed by atoms with Crippen LogP contribution in [0.1, 0.15) is 72.6 Å². The van der Waals surface area contributed by atoms with Crippen LogP contribution >= 0.6 is 0 Å². The molecule has 4 saturated carbocycles. The van der Waals surface area contributed by atoms with Gasteiger partial charge in [-0.1, -0.05) is 26.8 Å². The van der Waals surface area contributed by atoms with Gasteiger partial charge in [0.25, 0.3) is 0 Å². The number of hydrogen-bond acceptors (Lipinski definition) is 13. The van der Waals surface area contributed by atoms with E-state index in [9.17, 15) is 43.7 Å². The molecule has 0 amide bonds. The molecule has 19 heteroatoms. The van der Waals surface area contributed by atoms with Crippen molar-refractivity contribution in [3.8, 4) is 0 Å². The number of hydrogen-bond donors (Lipinski definition) is 0. The van der Waals surface area contributed by atoms with Crippen LogP contribution in [0.25, 0.3) is 0 Å². The van der Waals surface area contributed by atoms with E-state index in [0.717, 1.165) is 19.3 Å². The van der Waals surface area contributed by atoms with Crippen molar-refractivity contribution < 1.29 is 145 Å². The second-order valence-corrected chi connectivity index (χ2v) is 15.9. The summed E-state index contributed by atoms with van der Waals surface area (Å²) in [7, 11) is -15.9. The molecule has 236 valence electrons. The van der Waals surface area contributed by atoms with Crippen molar-refractivity contribution in [3.05, 3.63) is 12.2 Å². The first-order valence-corrected chi connectivity index (χ1v) is 17.7. The van der Waals surface area contributed by atoms with Crippen LogP contribution in [0.4, 0.5) is 0 Å². The van der Waals surface area contributed by atoms with Crippen molar-refractivity contribution in [3.63, 3.8) is 0 Å². The van der Waals surface area contributed by atoms with Crippen LogP contribution in [0.2, 0.25) is 0 Å². The van der Waals surface area contributed by atoms with Gasteiger partial charge in [0, 0.05) is 0 Å². The number of allylic oxidation sites excluding steroid dienone is 2. The zero-order valence-electron chi connectivity index (χ0n) is 26.3. The van der Waals surface area contributed by atoms with Crippen molar-refractivity contribution >= 4 is 37.0 Å². The smallest absolute Gasteiger partial charge is 0.726 e. The van der Waals surface area contributed by atoms with E-state index in [1.807, 2.05) is 6.08 Å². The number of carbonyl (C=O) groups excluding carboxylic acids is 1. The molecule has 0 aromatic carbocycles. The summed E-state index contributed by atoms with van der Waals surface area (Å²) in [5.74, 6) is -0.693. The third kappa shape index (κ3) is 10.1. The van der Waals surface area contributed by atoms with E-state index < -0.39 is 60.8 Å². The minimum atomic E-state index is -5.36. The molecule has 0 saturated heterocycles. The van der Waals surface area contributed by atoms with Crippen molar-refractivity contribution in [1.29, 1.82) is 0 Å². The molecule has 0 radical (unpaired) electrons. The van der Waals surface area contributed by atoms with Gasteiger partial charge in [0.1, 0.15) is 12.2 Å². The van der Waals surface area contributed by atoms with Gasteiger partial charge in [-0.15, -0.1) is 0 Å². The molecule has 44 heavy (non-hydrogen) atoms. The van der Waals surface area contributed by atoms with Gasteiger partial charge in [0.2, 0.25) is 31.2 Å². The van der Waals surface area contributed by atoms with E-state index in [-0.39, 0.29) is 149 Å². The van der Waals surface area contributed by atoms with Gasteiger partial charge in [-0.25, -0.2) is 25.3 Å². The summed E-state index contributed by atoms with van der Waals surface area (Å²) in [5, 5.41) is 0. The normalized spacial score (nSPS) is 39.4. The summed E-state index contributed by atoms with van der Waals surface area (Å²) in [4.78, 5) is 11.5. The van der Waals surface area contributed by atoms with Gasteiger partial charge < -0.3 is 13.7 Å². The van der Waals surface area contributed by atoms with Crippen LogP contribution < -0.4 is 88.7 Å². The van der Waals surface area contributed by atoms with Gasteiger partial charge in [0.05, 0.1) is 6.10 Å². The average Bonchev–Trinajstić information content (AvgIpc) is 3.13. The SMILES string of the molecule is CC(=O)/C=C/[C@@H](C)[C@H]1CC[C@H]2[C@@H]3C[C@H](OS(=O)(=O)[O-])[C@H]4C[C@H](OS(=O)(=O)[O-])[C@@H](OS(=O)(=O)[O-])C[C@]4(C)[C@H]3CC[C@]12C.[Na+].[Na+].[Na+]. The third-order valence-electron chi connectivity index (χ3n) is 10.7. The maximum absolute atomic E-state index is 11.8. The Hall–Kier alpha value is 2.02. The summed E-state index contributed by atoms with van der Waals surface area (Å²) in [5.41, 5.74) is -1.11. The van der Waals surface area contributed by atoms with Crippen molar-refractivity contribution in [2.75, 3.05) is 0 Å². The van der Waals surface area contributed by atoms with E-state index in [4.69, 9.17) is 8.37 Å². The topological polar surface area (TPSA) is 216 Å². The average molecular weight is 711 g/mol. The number of fused-ring (bicyclic) bond motifs is 5. The Labute approximate surface area is 327 Å². The molecule has 0 aromatic rings. The van der Waals surface area contributed by atoms with Crippen molar-refractivity contribution in [2.45, 2.75) is 91.0 Å². The molecule has 0 spiro atoms. The monoisotopic (exact) mass is 710 g/mol. The molecule has 0 heterocycles. The Bertz CT molecular complexity index is 1390. The summed E-state index contributed by atoms with van der Waals surface area (Å²) >= 11 is 0. The quantitative estimate of drug-likeness (QED) is 0.0943. The van der Waals surface area contributed by atoms with Gasteiger partial charge in [-0.05, 0) is 104 Å². The molecular formula is C25H37Na3O13S3. The van der Waals surface area contributed by atoms with Crippen LogP contribution in [0, 0.1) is 46.3 Å². The Kier molecular flexibility index (Phi) is 15.9. The first-order valence-electron chi connectivity index (χ1n) is 13.7. The van der Waals surface area contributed by atoms with Gasteiger partial charge in [0.15, 0.2) is 5.78 Å². The Morgan fingerprint density at radius 3 is 1.77 bits per heavy atom. The molecule has 0 bridgehead atoms. The van der Waals surface area contributed by atoms with E-state index in [1.165, 1.54) is 6.92 Å². The van der Waals surface area contributed by atoms with Crippen molar-refractivity contribution in [2.24, 2.45) is 46.3 Å². The summed E-state index contributed by atoms with van der Waals surface area (Å²) in [6.45, 7) is 7.52. The van der Waals surface area contributed by atoms with Gasteiger partial charge in [-0.3, -0.25) is 17.3 Å². The third-order valence-corrected chi connectivity index (χ3v) is 12.1. The van der Waals surface area contributed by atoms with Gasteiger partial charge >= 0.3 is 88.7 Å². The predicted molar refractivity (Wildman–Crippen MR) is 139 cm³/mol. The second kappa shape index (κ2) is 15.9. The van der Waals surface area contributed by atoms with E-state index in [1.54, 1.807) is 13.0 Å². The first kappa shape index (κ1) is 44.0. The maximum atomic E-state index is 11.8. The minimum absolute atomic E-state index is 0. The zero-order valence-corrected chi connectivity index (χ0v) is 34.8. The van der Waals surface area contributed by atoms with E-state index in [2.05, 4.69) is 18.0 Å². The molecule has 4 aliphatic carbocycles. The summed E-state index contributed by atoms with van der Waals surface area (Å²) < 4.78 is 119. The van der Waals surface area contributed by atoms with Gasteiger partial charge in [-0.2, -0.15) is 0 Å². The summed E-state index contributed by atoms with van der Waals surface area (Å²) in [6.07, 6.45) is 1.67. The Morgan fingerprint density at radius 2 is 1.25 bits per heavy atom. The fourth-order valence-corrected chi connectivity index (χ4v) is 10.9. The van der Waals surface area contributed by atoms with Crippen LogP contribution in [0.3, 0.4) is 0 Å². The van der Waals surface area contributed by atoms with E-state index in [0.29, 0.717) is 6.42 Å². The molecule has 0 aliphatic heterocycles.